The summed E-state index contributed by atoms with van der Waals surface area (Å²) in [5.41, 5.74) is 8.05. The number of hydrogen-bond donors (Lipinski definition) is 1. The van der Waals surface area contributed by atoms with Crippen LogP contribution in [0.25, 0.3) is 0 Å². The number of para-hydroxylation sites is 1. The van der Waals surface area contributed by atoms with E-state index in [4.69, 9.17) is 0 Å². The molecule has 0 saturated heterocycles. The summed E-state index contributed by atoms with van der Waals surface area (Å²) in [7, 11) is 2.12. The molecule has 2 rings (SSSR count). The molecule has 19 heavy (non-hydrogen) atoms. The van der Waals surface area contributed by atoms with Gasteiger partial charge in [0, 0.05) is 30.7 Å². The molecule has 0 fully saturated rings. The number of nitrogens with one attached hydrogen (secondary N) is 1. The Bertz CT molecular complexity index is 579. The number of aryl methyl sites for hydroxylation is 3. The van der Waals surface area contributed by atoms with Gasteiger partial charge in [0.05, 0.1) is 0 Å². The molecule has 0 amide bonds. The van der Waals surface area contributed by atoms with Gasteiger partial charge in [-0.15, -0.1) is 0 Å². The first kappa shape index (κ1) is 13.7. The maximum atomic E-state index is 3.62. The third-order valence-corrected chi connectivity index (χ3v) is 4.08. The van der Waals surface area contributed by atoms with Crippen LogP contribution in [0.5, 0.6) is 0 Å². The monoisotopic (exact) mass is 256 g/mol. The van der Waals surface area contributed by atoms with Crippen molar-refractivity contribution in [2.24, 2.45) is 7.05 Å². The first-order chi connectivity index (χ1) is 9.04. The van der Waals surface area contributed by atoms with E-state index in [1.165, 1.54) is 33.8 Å². The second-order valence-electron chi connectivity index (χ2n) is 5.27. The Morgan fingerprint density at radius 1 is 1.11 bits per heavy atom. The molecular weight excluding hydrogens is 232 g/mol. The van der Waals surface area contributed by atoms with E-state index in [-0.39, 0.29) is 0 Å². The molecule has 0 atom stereocenters. The summed E-state index contributed by atoms with van der Waals surface area (Å²) in [6.45, 7) is 9.61. The van der Waals surface area contributed by atoms with E-state index < -0.39 is 0 Å². The number of anilines is 1. The van der Waals surface area contributed by atoms with Crippen molar-refractivity contribution in [3.63, 3.8) is 0 Å². The van der Waals surface area contributed by atoms with Crippen LogP contribution in [0.2, 0.25) is 0 Å². The van der Waals surface area contributed by atoms with E-state index in [2.05, 4.69) is 68.9 Å². The molecule has 0 saturated carbocycles. The molecule has 0 spiro atoms. The molecule has 1 N–H and O–H groups in total. The molecular formula is C17H24N2. The van der Waals surface area contributed by atoms with Crippen LogP contribution in [0.4, 0.5) is 5.69 Å². The summed E-state index contributed by atoms with van der Waals surface area (Å²) in [5, 5.41) is 3.62. The van der Waals surface area contributed by atoms with Crippen LogP contribution < -0.4 is 5.32 Å². The fourth-order valence-corrected chi connectivity index (χ4v) is 2.57. The second kappa shape index (κ2) is 5.52. The minimum Gasteiger partial charge on any atom is -0.380 e. The molecule has 2 heteroatoms. The molecule has 0 aliphatic carbocycles. The minimum atomic E-state index is 0.894. The van der Waals surface area contributed by atoms with Gasteiger partial charge in [0.2, 0.25) is 0 Å². The Morgan fingerprint density at radius 3 is 2.42 bits per heavy atom. The van der Waals surface area contributed by atoms with Gasteiger partial charge in [-0.3, -0.25) is 0 Å². The van der Waals surface area contributed by atoms with Crippen molar-refractivity contribution in [2.45, 2.75) is 40.7 Å². The Labute approximate surface area is 116 Å². The van der Waals surface area contributed by atoms with Crippen molar-refractivity contribution in [3.05, 3.63) is 52.3 Å². The fourth-order valence-electron chi connectivity index (χ4n) is 2.57. The molecule has 0 aliphatic rings. The van der Waals surface area contributed by atoms with Crippen LogP contribution in [0.1, 0.15) is 35.0 Å². The van der Waals surface area contributed by atoms with Crippen LogP contribution in [0.15, 0.2) is 24.3 Å². The van der Waals surface area contributed by atoms with Gasteiger partial charge in [-0.05, 0) is 49.9 Å². The van der Waals surface area contributed by atoms with Crippen molar-refractivity contribution < 1.29 is 0 Å². The average molecular weight is 256 g/mol. The third-order valence-electron chi connectivity index (χ3n) is 4.08. The molecule has 2 aromatic rings. The molecule has 2 nitrogen and oxygen atoms in total. The SMILES string of the molecule is CCc1cccc(C)c1NCc1cc(C)n(C)c1C. The van der Waals surface area contributed by atoms with Gasteiger partial charge < -0.3 is 9.88 Å². The Hall–Kier alpha value is -1.70. The van der Waals surface area contributed by atoms with Crippen molar-refractivity contribution in [3.8, 4) is 0 Å². The number of hydrogen-bond acceptors (Lipinski definition) is 1. The zero-order chi connectivity index (χ0) is 14.0. The highest BCUT2D eigenvalue weighted by atomic mass is 15.0. The first-order valence-electron chi connectivity index (χ1n) is 6.98. The Kier molecular flexibility index (Phi) is 3.98. The van der Waals surface area contributed by atoms with E-state index in [1.807, 2.05) is 0 Å². The van der Waals surface area contributed by atoms with Gasteiger partial charge in [-0.1, -0.05) is 25.1 Å². The summed E-state index contributed by atoms with van der Waals surface area (Å²) < 4.78 is 2.25. The lowest BCUT2D eigenvalue weighted by Gasteiger charge is -2.14. The first-order valence-corrected chi connectivity index (χ1v) is 6.98. The summed E-state index contributed by atoms with van der Waals surface area (Å²) in [4.78, 5) is 0. The average Bonchev–Trinajstić information content (AvgIpc) is 2.64. The largest absolute Gasteiger partial charge is 0.380 e. The zero-order valence-electron chi connectivity index (χ0n) is 12.7. The molecule has 102 valence electrons. The maximum absolute atomic E-state index is 3.62. The van der Waals surface area contributed by atoms with E-state index in [1.54, 1.807) is 0 Å². The van der Waals surface area contributed by atoms with E-state index in [0.717, 1.165) is 13.0 Å². The molecule has 1 aromatic carbocycles. The molecule has 1 aromatic heterocycles. The quantitative estimate of drug-likeness (QED) is 0.870. The third kappa shape index (κ3) is 2.67. The predicted molar refractivity (Wildman–Crippen MR) is 82.8 cm³/mol. The highest BCUT2D eigenvalue weighted by Gasteiger charge is 2.08. The summed E-state index contributed by atoms with van der Waals surface area (Å²) in [5.74, 6) is 0. The van der Waals surface area contributed by atoms with Crippen molar-refractivity contribution in [2.75, 3.05) is 5.32 Å². The smallest absolute Gasteiger partial charge is 0.0418 e. The fraction of sp³-hybridized carbons (Fsp3) is 0.412. The van der Waals surface area contributed by atoms with Crippen molar-refractivity contribution in [1.29, 1.82) is 0 Å². The number of rotatable bonds is 4. The summed E-state index contributed by atoms with van der Waals surface area (Å²) in [6.07, 6.45) is 1.07. The second-order valence-corrected chi connectivity index (χ2v) is 5.27. The number of aromatic nitrogens is 1. The van der Waals surface area contributed by atoms with Gasteiger partial charge in [0.25, 0.3) is 0 Å². The molecule has 0 radical (unpaired) electrons. The van der Waals surface area contributed by atoms with Crippen LogP contribution in [0, 0.1) is 20.8 Å². The van der Waals surface area contributed by atoms with E-state index in [0.29, 0.717) is 0 Å². The maximum Gasteiger partial charge on any atom is 0.0418 e. The standard InChI is InChI=1S/C17H24N2/c1-6-15-9-7-8-12(2)17(15)18-11-16-10-13(3)19(5)14(16)4/h7-10,18H,6,11H2,1-5H3. The highest BCUT2D eigenvalue weighted by molar-refractivity contribution is 5.57. The van der Waals surface area contributed by atoms with Crippen LogP contribution in [-0.4, -0.2) is 4.57 Å². The van der Waals surface area contributed by atoms with Crippen molar-refractivity contribution in [1.82, 2.24) is 4.57 Å². The molecule has 0 unspecified atom stereocenters. The number of benzene rings is 1. The van der Waals surface area contributed by atoms with Crippen LogP contribution in [0.3, 0.4) is 0 Å². The van der Waals surface area contributed by atoms with Crippen LogP contribution >= 0.6 is 0 Å². The minimum absolute atomic E-state index is 0.894. The normalized spacial score (nSPS) is 10.8. The Morgan fingerprint density at radius 2 is 1.84 bits per heavy atom. The number of nitrogens with zero attached hydrogens (tertiary/aromatic N) is 1. The van der Waals surface area contributed by atoms with Gasteiger partial charge in [0.15, 0.2) is 0 Å². The van der Waals surface area contributed by atoms with E-state index in [9.17, 15) is 0 Å². The van der Waals surface area contributed by atoms with Gasteiger partial charge in [-0.25, -0.2) is 0 Å². The lowest BCUT2D eigenvalue weighted by Crippen LogP contribution is -2.05. The topological polar surface area (TPSA) is 17.0 Å². The Balaban J connectivity index is 2.21. The van der Waals surface area contributed by atoms with Crippen molar-refractivity contribution >= 4 is 5.69 Å². The molecule has 1 heterocycles. The summed E-state index contributed by atoms with van der Waals surface area (Å²) in [6, 6.07) is 8.78. The zero-order valence-corrected chi connectivity index (χ0v) is 12.7. The summed E-state index contributed by atoms with van der Waals surface area (Å²) >= 11 is 0. The highest BCUT2D eigenvalue weighted by Crippen LogP contribution is 2.23. The predicted octanol–water partition coefficient (Wildman–Crippen LogP) is 4.12. The van der Waals surface area contributed by atoms with Crippen LogP contribution in [-0.2, 0) is 20.0 Å². The molecule has 0 aliphatic heterocycles. The van der Waals surface area contributed by atoms with E-state index >= 15 is 0 Å². The lowest BCUT2D eigenvalue weighted by molar-refractivity contribution is 0.836. The molecule has 0 bridgehead atoms. The van der Waals surface area contributed by atoms with Gasteiger partial charge >= 0.3 is 0 Å². The van der Waals surface area contributed by atoms with Gasteiger partial charge in [-0.2, -0.15) is 0 Å². The lowest BCUT2D eigenvalue weighted by atomic mass is 10.1. The van der Waals surface area contributed by atoms with Gasteiger partial charge in [0.1, 0.15) is 0 Å².